The van der Waals surface area contributed by atoms with Gasteiger partial charge in [0.1, 0.15) is 5.65 Å². The molecule has 4 rings (SSSR count). The minimum atomic E-state index is 0.0831. The average molecular weight is 374 g/mol. The van der Waals surface area contributed by atoms with Crippen LogP contribution >= 0.6 is 15.9 Å². The highest BCUT2D eigenvalue weighted by Gasteiger charge is 2.22. The van der Waals surface area contributed by atoms with Crippen LogP contribution in [-0.2, 0) is 6.54 Å². The smallest absolute Gasteiger partial charge is 0.261 e. The van der Waals surface area contributed by atoms with Crippen molar-refractivity contribution in [2.45, 2.75) is 51.5 Å². The molecule has 2 heterocycles. The van der Waals surface area contributed by atoms with Crippen LogP contribution < -0.4 is 5.56 Å². The van der Waals surface area contributed by atoms with Crippen LogP contribution in [0, 0.1) is 0 Å². The summed E-state index contributed by atoms with van der Waals surface area (Å²) in [5.74, 6) is 0.544. The summed E-state index contributed by atoms with van der Waals surface area (Å²) in [7, 11) is 0. The van der Waals surface area contributed by atoms with Gasteiger partial charge >= 0.3 is 0 Å². The van der Waals surface area contributed by atoms with Gasteiger partial charge < -0.3 is 0 Å². The molecule has 0 saturated heterocycles. The van der Waals surface area contributed by atoms with E-state index in [-0.39, 0.29) is 5.56 Å². The number of aromatic nitrogens is 3. The first-order chi connectivity index (χ1) is 11.2. The van der Waals surface area contributed by atoms with E-state index in [1.54, 1.807) is 0 Å². The molecule has 23 heavy (non-hydrogen) atoms. The highest BCUT2D eigenvalue weighted by Crippen LogP contribution is 2.34. The largest absolute Gasteiger partial charge is 0.293 e. The van der Waals surface area contributed by atoms with E-state index in [0.717, 1.165) is 39.7 Å². The Hall–Kier alpha value is -1.62. The number of fused-ring (bicyclic) bond motifs is 3. The molecule has 3 aromatic rings. The van der Waals surface area contributed by atoms with Gasteiger partial charge in [0.05, 0.1) is 16.6 Å². The van der Waals surface area contributed by atoms with Crippen LogP contribution in [0.4, 0.5) is 0 Å². The lowest BCUT2D eigenvalue weighted by molar-refractivity contribution is 0.662. The molecule has 0 aliphatic heterocycles. The van der Waals surface area contributed by atoms with Crippen molar-refractivity contribution in [3.05, 3.63) is 44.8 Å². The minimum absolute atomic E-state index is 0.0831. The van der Waals surface area contributed by atoms with E-state index < -0.39 is 0 Å². The van der Waals surface area contributed by atoms with E-state index in [2.05, 4.69) is 28.9 Å². The van der Waals surface area contributed by atoms with Crippen LogP contribution in [0.3, 0.4) is 0 Å². The highest BCUT2D eigenvalue weighted by molar-refractivity contribution is 9.10. The van der Waals surface area contributed by atoms with E-state index in [1.165, 1.54) is 25.7 Å². The zero-order valence-electron chi connectivity index (χ0n) is 13.3. The molecule has 0 spiro atoms. The van der Waals surface area contributed by atoms with Crippen molar-refractivity contribution in [2.24, 2.45) is 0 Å². The van der Waals surface area contributed by atoms with Gasteiger partial charge in [0.2, 0.25) is 0 Å². The van der Waals surface area contributed by atoms with Gasteiger partial charge in [0.25, 0.3) is 5.56 Å². The molecule has 1 aromatic carbocycles. The Kier molecular flexibility index (Phi) is 3.76. The summed E-state index contributed by atoms with van der Waals surface area (Å²) in [5, 5.41) is 5.62. The Balaban J connectivity index is 2.06. The van der Waals surface area contributed by atoms with Gasteiger partial charge in [0, 0.05) is 23.0 Å². The molecular formula is C18H20BrN3O. The van der Waals surface area contributed by atoms with Gasteiger partial charge in [0.15, 0.2) is 0 Å². The van der Waals surface area contributed by atoms with Crippen LogP contribution in [0.1, 0.15) is 50.6 Å². The summed E-state index contributed by atoms with van der Waals surface area (Å²) in [4.78, 5) is 12.9. The topological polar surface area (TPSA) is 39.3 Å². The summed E-state index contributed by atoms with van der Waals surface area (Å²) >= 11 is 3.52. The zero-order chi connectivity index (χ0) is 16.0. The van der Waals surface area contributed by atoms with E-state index >= 15 is 0 Å². The maximum absolute atomic E-state index is 12.9. The summed E-state index contributed by atoms with van der Waals surface area (Å²) in [6.45, 7) is 2.83. The normalized spacial score (nSPS) is 15.9. The molecule has 1 saturated carbocycles. The Morgan fingerprint density at radius 2 is 2.04 bits per heavy atom. The van der Waals surface area contributed by atoms with Crippen molar-refractivity contribution in [3.8, 4) is 0 Å². The predicted octanol–water partition coefficient (Wildman–Crippen LogP) is 4.48. The van der Waals surface area contributed by atoms with E-state index in [0.29, 0.717) is 5.92 Å². The van der Waals surface area contributed by atoms with Crippen LogP contribution in [0.25, 0.3) is 16.6 Å². The number of benzene rings is 1. The van der Waals surface area contributed by atoms with Crippen molar-refractivity contribution >= 4 is 32.5 Å². The molecule has 120 valence electrons. The van der Waals surface area contributed by atoms with Crippen molar-refractivity contribution in [1.82, 2.24) is 14.2 Å². The maximum Gasteiger partial charge on any atom is 0.261 e. The van der Waals surface area contributed by atoms with Crippen molar-refractivity contribution in [3.63, 3.8) is 0 Å². The van der Waals surface area contributed by atoms with Gasteiger partial charge in [-0.05, 0) is 37.5 Å². The number of rotatable bonds is 3. The van der Waals surface area contributed by atoms with E-state index in [9.17, 15) is 4.79 Å². The summed E-state index contributed by atoms with van der Waals surface area (Å²) < 4.78 is 4.81. The third-order valence-corrected chi connectivity index (χ3v) is 5.36. The Bertz CT molecular complexity index is 935. The van der Waals surface area contributed by atoms with E-state index in [4.69, 9.17) is 5.10 Å². The second-order valence-electron chi connectivity index (χ2n) is 6.44. The van der Waals surface area contributed by atoms with Crippen molar-refractivity contribution in [2.75, 3.05) is 0 Å². The number of halogens is 1. The summed E-state index contributed by atoms with van der Waals surface area (Å²) in [5.41, 5.74) is 3.03. The molecular weight excluding hydrogens is 354 g/mol. The Morgan fingerprint density at radius 3 is 2.78 bits per heavy atom. The second-order valence-corrected chi connectivity index (χ2v) is 7.35. The van der Waals surface area contributed by atoms with Gasteiger partial charge in [-0.2, -0.15) is 5.10 Å². The standard InChI is InChI=1S/C18H20BrN3O/c1-2-9-21-17-11-15(12-5-3-4-6-12)20-22(17)16-10-13(19)7-8-14(16)18(21)23/h7-8,10-12H,2-6,9H2,1H3. The first kappa shape index (κ1) is 14.9. The first-order valence-electron chi connectivity index (χ1n) is 8.41. The third kappa shape index (κ3) is 2.42. The van der Waals surface area contributed by atoms with Crippen LogP contribution in [0.5, 0.6) is 0 Å². The molecule has 1 aliphatic carbocycles. The number of aryl methyl sites for hydroxylation is 1. The molecule has 1 aliphatic rings. The monoisotopic (exact) mass is 373 g/mol. The van der Waals surface area contributed by atoms with Crippen LogP contribution in [-0.4, -0.2) is 14.2 Å². The molecule has 0 amide bonds. The molecule has 0 radical (unpaired) electrons. The van der Waals surface area contributed by atoms with Crippen molar-refractivity contribution in [1.29, 1.82) is 0 Å². The lowest BCUT2D eigenvalue weighted by Crippen LogP contribution is -2.22. The van der Waals surface area contributed by atoms with Gasteiger partial charge in [-0.25, -0.2) is 4.52 Å². The molecule has 0 atom stereocenters. The molecule has 4 nitrogen and oxygen atoms in total. The van der Waals surface area contributed by atoms with Crippen molar-refractivity contribution < 1.29 is 0 Å². The molecule has 1 fully saturated rings. The molecule has 0 N–H and O–H groups in total. The molecule has 0 unspecified atom stereocenters. The fourth-order valence-corrected chi connectivity index (χ4v) is 4.08. The number of hydrogen-bond donors (Lipinski definition) is 0. The zero-order valence-corrected chi connectivity index (χ0v) is 14.8. The van der Waals surface area contributed by atoms with Gasteiger partial charge in [-0.1, -0.05) is 35.7 Å². The Labute approximate surface area is 143 Å². The summed E-state index contributed by atoms with van der Waals surface area (Å²) in [6.07, 6.45) is 5.92. The second kappa shape index (κ2) is 5.78. The summed E-state index contributed by atoms with van der Waals surface area (Å²) in [6, 6.07) is 7.94. The van der Waals surface area contributed by atoms with Crippen LogP contribution in [0.2, 0.25) is 0 Å². The molecule has 5 heteroatoms. The lowest BCUT2D eigenvalue weighted by Gasteiger charge is -2.10. The molecule has 2 aromatic heterocycles. The minimum Gasteiger partial charge on any atom is -0.293 e. The number of nitrogens with zero attached hydrogens (tertiary/aromatic N) is 3. The third-order valence-electron chi connectivity index (χ3n) is 4.87. The van der Waals surface area contributed by atoms with E-state index in [1.807, 2.05) is 27.3 Å². The number of hydrogen-bond acceptors (Lipinski definition) is 2. The average Bonchev–Trinajstić information content (AvgIpc) is 3.20. The first-order valence-corrected chi connectivity index (χ1v) is 9.20. The molecule has 0 bridgehead atoms. The van der Waals surface area contributed by atoms with Gasteiger partial charge in [-0.3, -0.25) is 9.36 Å². The SMILES string of the molecule is CCCn1c(=O)c2ccc(Br)cc2n2nc(C3CCCC3)cc12. The quantitative estimate of drug-likeness (QED) is 0.678. The van der Waals surface area contributed by atoms with Gasteiger partial charge in [-0.15, -0.1) is 0 Å². The van der Waals surface area contributed by atoms with Crippen LogP contribution in [0.15, 0.2) is 33.5 Å². The fraction of sp³-hybridized carbons (Fsp3) is 0.444. The maximum atomic E-state index is 12.9. The highest BCUT2D eigenvalue weighted by atomic mass is 79.9. The Morgan fingerprint density at radius 1 is 1.26 bits per heavy atom. The predicted molar refractivity (Wildman–Crippen MR) is 96.2 cm³/mol. The fourth-order valence-electron chi connectivity index (χ4n) is 3.73. The lowest BCUT2D eigenvalue weighted by atomic mass is 10.1.